The summed E-state index contributed by atoms with van der Waals surface area (Å²) in [4.78, 5) is 18.3. The standard InChI is InChI=1S/C25H25ClN2OS/c1-16-20(26)11-7-12-21(16)27-25(29)28-15-14-19-18-10-5-6-13-22(18)30-24(19)23(28)17-8-3-2-4-9-17/h2-4,7-9,11-12,23H,5-6,10,13-15H2,1H3,(H,27,29)/t23-/m0/s1. The Labute approximate surface area is 186 Å². The fourth-order valence-electron chi connectivity index (χ4n) is 4.77. The van der Waals surface area contributed by atoms with E-state index >= 15 is 0 Å². The van der Waals surface area contributed by atoms with Crippen LogP contribution in [0.1, 0.15) is 50.9 Å². The molecule has 0 saturated carbocycles. The summed E-state index contributed by atoms with van der Waals surface area (Å²) >= 11 is 8.20. The number of urea groups is 1. The third-order valence-corrected chi connectivity index (χ3v) is 8.16. The van der Waals surface area contributed by atoms with Crippen LogP contribution in [0.25, 0.3) is 0 Å². The number of amides is 2. The van der Waals surface area contributed by atoms with E-state index in [0.29, 0.717) is 5.02 Å². The first-order chi connectivity index (χ1) is 14.6. The maximum atomic E-state index is 13.4. The Balaban J connectivity index is 1.54. The van der Waals surface area contributed by atoms with Crippen molar-refractivity contribution in [3.05, 3.63) is 85.6 Å². The summed E-state index contributed by atoms with van der Waals surface area (Å²) in [6.07, 6.45) is 5.87. The van der Waals surface area contributed by atoms with E-state index in [1.165, 1.54) is 41.7 Å². The fraction of sp³-hybridized carbons (Fsp3) is 0.320. The quantitative estimate of drug-likeness (QED) is 0.472. The predicted octanol–water partition coefficient (Wildman–Crippen LogP) is 6.77. The minimum atomic E-state index is -0.0637. The molecular formula is C25H25ClN2OS. The van der Waals surface area contributed by atoms with E-state index in [1.807, 2.05) is 47.4 Å². The van der Waals surface area contributed by atoms with Crippen molar-refractivity contribution in [1.29, 1.82) is 0 Å². The highest BCUT2D eigenvalue weighted by Crippen LogP contribution is 2.45. The van der Waals surface area contributed by atoms with Crippen molar-refractivity contribution >= 4 is 34.7 Å². The molecule has 0 radical (unpaired) electrons. The minimum Gasteiger partial charge on any atom is -0.312 e. The van der Waals surface area contributed by atoms with Crippen molar-refractivity contribution in [2.75, 3.05) is 11.9 Å². The first-order valence-electron chi connectivity index (χ1n) is 10.6. The molecule has 1 aliphatic carbocycles. The first-order valence-corrected chi connectivity index (χ1v) is 11.8. The number of carbonyl (C=O) groups is 1. The van der Waals surface area contributed by atoms with Gasteiger partial charge in [0.1, 0.15) is 0 Å². The van der Waals surface area contributed by atoms with Crippen LogP contribution in [0.2, 0.25) is 5.02 Å². The maximum Gasteiger partial charge on any atom is 0.322 e. The van der Waals surface area contributed by atoms with Gasteiger partial charge in [0.25, 0.3) is 0 Å². The van der Waals surface area contributed by atoms with Gasteiger partial charge in [-0.25, -0.2) is 4.79 Å². The second kappa shape index (κ2) is 8.09. The number of nitrogens with zero attached hydrogens (tertiary/aromatic N) is 1. The number of rotatable bonds is 2. The van der Waals surface area contributed by atoms with Crippen molar-refractivity contribution in [2.45, 2.75) is 45.1 Å². The van der Waals surface area contributed by atoms with Gasteiger partial charge in [0.15, 0.2) is 0 Å². The van der Waals surface area contributed by atoms with Gasteiger partial charge < -0.3 is 10.2 Å². The molecule has 154 valence electrons. The van der Waals surface area contributed by atoms with E-state index in [9.17, 15) is 4.79 Å². The van der Waals surface area contributed by atoms with E-state index in [4.69, 9.17) is 11.6 Å². The SMILES string of the molecule is Cc1c(Cl)cccc1NC(=O)N1CCc2c(sc3c2CCCC3)[C@@H]1c1ccccc1. The maximum absolute atomic E-state index is 13.4. The van der Waals surface area contributed by atoms with E-state index in [1.54, 1.807) is 10.4 Å². The van der Waals surface area contributed by atoms with Crippen molar-refractivity contribution in [1.82, 2.24) is 4.90 Å². The van der Waals surface area contributed by atoms with Crippen LogP contribution in [0.15, 0.2) is 48.5 Å². The summed E-state index contributed by atoms with van der Waals surface area (Å²) in [5.41, 5.74) is 5.93. The molecule has 0 spiro atoms. The second-order valence-electron chi connectivity index (χ2n) is 8.15. The summed E-state index contributed by atoms with van der Waals surface area (Å²) in [5.74, 6) is 0. The lowest BCUT2D eigenvalue weighted by atomic mass is 9.88. The van der Waals surface area contributed by atoms with Crippen LogP contribution < -0.4 is 5.32 Å². The molecule has 5 rings (SSSR count). The number of benzene rings is 2. The summed E-state index contributed by atoms with van der Waals surface area (Å²) in [6.45, 7) is 2.66. The van der Waals surface area contributed by atoms with Crippen LogP contribution >= 0.6 is 22.9 Å². The van der Waals surface area contributed by atoms with Crippen LogP contribution in [-0.2, 0) is 19.3 Å². The van der Waals surface area contributed by atoms with E-state index in [2.05, 4.69) is 29.6 Å². The highest BCUT2D eigenvalue weighted by atomic mass is 35.5. The van der Waals surface area contributed by atoms with Crippen LogP contribution in [0.5, 0.6) is 0 Å². The smallest absolute Gasteiger partial charge is 0.312 e. The molecule has 2 aliphatic rings. The zero-order chi connectivity index (χ0) is 20.7. The lowest BCUT2D eigenvalue weighted by Crippen LogP contribution is -2.42. The average molecular weight is 437 g/mol. The van der Waals surface area contributed by atoms with Crippen molar-refractivity contribution in [3.8, 4) is 0 Å². The van der Waals surface area contributed by atoms with E-state index in [-0.39, 0.29) is 12.1 Å². The summed E-state index contributed by atoms with van der Waals surface area (Å²) in [7, 11) is 0. The van der Waals surface area contributed by atoms with Crippen LogP contribution in [-0.4, -0.2) is 17.5 Å². The van der Waals surface area contributed by atoms with Crippen LogP contribution in [0.3, 0.4) is 0 Å². The van der Waals surface area contributed by atoms with Gasteiger partial charge in [0, 0.05) is 27.0 Å². The Kier molecular flexibility index (Phi) is 5.30. The van der Waals surface area contributed by atoms with Gasteiger partial charge >= 0.3 is 6.03 Å². The minimum absolute atomic E-state index is 0.0370. The molecule has 1 aliphatic heterocycles. The zero-order valence-corrected chi connectivity index (χ0v) is 18.7. The third-order valence-electron chi connectivity index (χ3n) is 6.36. The Morgan fingerprint density at radius 1 is 1.03 bits per heavy atom. The van der Waals surface area contributed by atoms with E-state index < -0.39 is 0 Å². The molecule has 0 saturated heterocycles. The molecule has 3 nitrogen and oxygen atoms in total. The number of aryl methyl sites for hydroxylation is 1. The largest absolute Gasteiger partial charge is 0.322 e. The van der Waals surface area contributed by atoms with Crippen molar-refractivity contribution in [2.24, 2.45) is 0 Å². The molecule has 1 N–H and O–H groups in total. The molecule has 1 atom stereocenters. The molecule has 1 aromatic heterocycles. The molecule has 0 bridgehead atoms. The molecule has 5 heteroatoms. The highest BCUT2D eigenvalue weighted by Gasteiger charge is 2.36. The molecule has 0 fully saturated rings. The Morgan fingerprint density at radius 3 is 2.67 bits per heavy atom. The summed E-state index contributed by atoms with van der Waals surface area (Å²) in [5, 5.41) is 3.79. The summed E-state index contributed by atoms with van der Waals surface area (Å²) in [6, 6.07) is 16.0. The molecule has 30 heavy (non-hydrogen) atoms. The van der Waals surface area contributed by atoms with Crippen molar-refractivity contribution < 1.29 is 4.79 Å². The van der Waals surface area contributed by atoms with Gasteiger partial charge in [-0.3, -0.25) is 0 Å². The molecule has 2 heterocycles. The van der Waals surface area contributed by atoms with Gasteiger partial charge in [-0.05, 0) is 73.4 Å². The van der Waals surface area contributed by atoms with Crippen LogP contribution in [0.4, 0.5) is 10.5 Å². The van der Waals surface area contributed by atoms with Crippen LogP contribution in [0, 0.1) is 6.92 Å². The number of thiophene rings is 1. The Hall–Kier alpha value is -2.30. The fourth-order valence-corrected chi connectivity index (χ4v) is 6.52. The number of anilines is 1. The lowest BCUT2D eigenvalue weighted by Gasteiger charge is -2.36. The first kappa shape index (κ1) is 19.7. The molecule has 3 aromatic rings. The highest BCUT2D eigenvalue weighted by molar-refractivity contribution is 7.12. The van der Waals surface area contributed by atoms with Gasteiger partial charge in [0.05, 0.1) is 6.04 Å². The molecule has 0 unspecified atom stereocenters. The Bertz CT molecular complexity index is 1090. The third kappa shape index (κ3) is 3.42. The molecular weight excluding hydrogens is 412 g/mol. The number of hydrogen-bond donors (Lipinski definition) is 1. The van der Waals surface area contributed by atoms with Gasteiger partial charge in [-0.2, -0.15) is 0 Å². The van der Waals surface area contributed by atoms with Gasteiger partial charge in [-0.15, -0.1) is 11.3 Å². The predicted molar refractivity (Wildman–Crippen MR) is 125 cm³/mol. The van der Waals surface area contributed by atoms with E-state index in [0.717, 1.165) is 24.2 Å². The Morgan fingerprint density at radius 2 is 1.83 bits per heavy atom. The number of fused-ring (bicyclic) bond motifs is 3. The topological polar surface area (TPSA) is 32.3 Å². The van der Waals surface area contributed by atoms with Gasteiger partial charge in [0.2, 0.25) is 0 Å². The number of hydrogen-bond acceptors (Lipinski definition) is 2. The zero-order valence-electron chi connectivity index (χ0n) is 17.1. The van der Waals surface area contributed by atoms with Crippen molar-refractivity contribution in [3.63, 3.8) is 0 Å². The number of carbonyl (C=O) groups excluding carboxylic acids is 1. The number of nitrogens with one attached hydrogen (secondary N) is 1. The monoisotopic (exact) mass is 436 g/mol. The molecule has 2 aromatic carbocycles. The lowest BCUT2D eigenvalue weighted by molar-refractivity contribution is 0.195. The number of halogens is 1. The second-order valence-corrected chi connectivity index (χ2v) is 9.70. The summed E-state index contributed by atoms with van der Waals surface area (Å²) < 4.78 is 0. The molecule has 2 amide bonds. The van der Waals surface area contributed by atoms with Gasteiger partial charge in [-0.1, -0.05) is 48.0 Å². The normalized spacial score (nSPS) is 17.9. The average Bonchev–Trinajstić information content (AvgIpc) is 3.15.